The Balaban J connectivity index is 1.57. The van der Waals surface area contributed by atoms with Crippen LogP contribution in [0.2, 0.25) is 0 Å². The lowest BCUT2D eigenvalue weighted by atomic mass is 9.90. The van der Waals surface area contributed by atoms with E-state index in [0.717, 1.165) is 60.8 Å². The minimum atomic E-state index is -0.0175. The number of hydrogen-bond acceptors (Lipinski definition) is 5. The number of pyridine rings is 1. The zero-order valence-corrected chi connectivity index (χ0v) is 20.5. The fourth-order valence-electron chi connectivity index (χ4n) is 5.36. The van der Waals surface area contributed by atoms with Gasteiger partial charge in [0, 0.05) is 23.8 Å². The summed E-state index contributed by atoms with van der Waals surface area (Å²) in [5.41, 5.74) is 5.78. The van der Waals surface area contributed by atoms with Crippen molar-refractivity contribution in [3.63, 3.8) is 0 Å². The zero-order valence-electron chi connectivity index (χ0n) is 20.5. The number of aromatic nitrogens is 5. The van der Waals surface area contributed by atoms with Crippen LogP contribution >= 0.6 is 0 Å². The van der Waals surface area contributed by atoms with Crippen molar-refractivity contribution >= 4 is 16.7 Å². The average Bonchev–Trinajstić information content (AvgIpc) is 3.44. The molecule has 1 aliphatic rings. The molecule has 5 rings (SSSR count). The molecular weight excluding hydrogens is 428 g/mol. The fraction of sp³-hybridized carbons (Fsp3) is 0.500. The molecule has 4 aromatic rings. The van der Waals surface area contributed by atoms with Crippen molar-refractivity contribution in [3.05, 3.63) is 46.8 Å². The first-order valence-corrected chi connectivity index (χ1v) is 12.4. The molecule has 1 fully saturated rings. The first-order chi connectivity index (χ1) is 16.5. The number of ether oxygens (including phenoxy) is 1. The van der Waals surface area contributed by atoms with Crippen LogP contribution in [0, 0.1) is 0 Å². The van der Waals surface area contributed by atoms with E-state index < -0.39 is 0 Å². The van der Waals surface area contributed by atoms with E-state index in [0.29, 0.717) is 17.4 Å². The van der Waals surface area contributed by atoms with Crippen LogP contribution in [0.15, 0.2) is 35.5 Å². The van der Waals surface area contributed by atoms with E-state index in [-0.39, 0.29) is 17.6 Å². The van der Waals surface area contributed by atoms with Crippen LogP contribution in [0.1, 0.15) is 70.4 Å². The highest BCUT2D eigenvalue weighted by Crippen LogP contribution is 2.37. The summed E-state index contributed by atoms with van der Waals surface area (Å²) in [6.07, 6.45) is 8.90. The quantitative estimate of drug-likeness (QED) is 0.417. The maximum Gasteiger partial charge on any atom is 0.326 e. The van der Waals surface area contributed by atoms with Gasteiger partial charge in [0.05, 0.1) is 18.1 Å². The lowest BCUT2D eigenvalue weighted by molar-refractivity contribution is 0.292. The van der Waals surface area contributed by atoms with Crippen LogP contribution in [-0.4, -0.2) is 43.8 Å². The van der Waals surface area contributed by atoms with Crippen molar-refractivity contribution in [1.82, 2.24) is 29.5 Å². The number of nitrogens with zero attached hydrogens (tertiary/aromatic N) is 4. The van der Waals surface area contributed by atoms with Gasteiger partial charge < -0.3 is 15.0 Å². The van der Waals surface area contributed by atoms with Gasteiger partial charge in [0.2, 0.25) is 0 Å². The maximum absolute atomic E-state index is 13.1. The molecule has 180 valence electrons. The third-order valence-corrected chi connectivity index (χ3v) is 7.13. The number of nitrogens with one attached hydrogen (secondary N) is 2. The van der Waals surface area contributed by atoms with Crippen molar-refractivity contribution in [2.75, 3.05) is 13.7 Å². The summed E-state index contributed by atoms with van der Waals surface area (Å²) < 4.78 is 9.32. The zero-order chi connectivity index (χ0) is 23.8. The molecule has 8 nitrogen and oxygen atoms in total. The van der Waals surface area contributed by atoms with Crippen LogP contribution in [-0.2, 0) is 0 Å². The van der Waals surface area contributed by atoms with Gasteiger partial charge in [-0.3, -0.25) is 4.57 Å². The maximum atomic E-state index is 13.1. The van der Waals surface area contributed by atoms with Gasteiger partial charge >= 0.3 is 5.69 Å². The summed E-state index contributed by atoms with van der Waals surface area (Å²) in [6, 6.07) is 7.10. The summed E-state index contributed by atoms with van der Waals surface area (Å²) in [4.78, 5) is 20.5. The van der Waals surface area contributed by atoms with Crippen molar-refractivity contribution in [1.29, 1.82) is 0 Å². The van der Waals surface area contributed by atoms with E-state index in [1.807, 2.05) is 16.8 Å². The van der Waals surface area contributed by atoms with Gasteiger partial charge in [0.15, 0.2) is 11.4 Å². The Morgan fingerprint density at radius 2 is 2.00 bits per heavy atom. The van der Waals surface area contributed by atoms with E-state index in [4.69, 9.17) is 4.74 Å². The first-order valence-electron chi connectivity index (χ1n) is 12.4. The second-order valence-corrected chi connectivity index (χ2v) is 9.70. The Morgan fingerprint density at radius 3 is 2.71 bits per heavy atom. The molecule has 1 aromatic carbocycles. The number of imidazole rings is 1. The van der Waals surface area contributed by atoms with Crippen molar-refractivity contribution in [2.24, 2.45) is 0 Å². The molecule has 0 spiro atoms. The van der Waals surface area contributed by atoms with Crippen LogP contribution in [0.3, 0.4) is 0 Å². The molecule has 0 amide bonds. The standard InChI is InChI=1S/C26H34N6O2/c1-5-10-27-18-6-8-19(9-7-18)32-23-13-20(16(2)3)21(12-22(23)30-26(32)33)17-11-24(34-4)25-28-15-29-31(25)14-17/h11-16,18-19,27H,5-10H2,1-4H3,(H,30,33). The predicted octanol–water partition coefficient (Wildman–Crippen LogP) is 4.65. The van der Waals surface area contributed by atoms with Crippen LogP contribution in [0.25, 0.3) is 27.8 Å². The van der Waals surface area contributed by atoms with E-state index >= 15 is 0 Å². The van der Waals surface area contributed by atoms with Crippen molar-refractivity contribution < 1.29 is 4.74 Å². The van der Waals surface area contributed by atoms with Crippen molar-refractivity contribution in [2.45, 2.75) is 70.9 Å². The summed E-state index contributed by atoms with van der Waals surface area (Å²) in [6.45, 7) is 7.64. The lowest BCUT2D eigenvalue weighted by Gasteiger charge is -2.30. The van der Waals surface area contributed by atoms with Gasteiger partial charge in [-0.25, -0.2) is 14.3 Å². The Labute approximate surface area is 199 Å². The van der Waals surface area contributed by atoms with Gasteiger partial charge in [-0.1, -0.05) is 20.8 Å². The molecule has 0 atom stereocenters. The molecule has 0 aliphatic heterocycles. The monoisotopic (exact) mass is 462 g/mol. The molecule has 0 radical (unpaired) electrons. The Hall–Kier alpha value is -3.13. The van der Waals surface area contributed by atoms with Gasteiger partial charge in [0.1, 0.15) is 6.33 Å². The third kappa shape index (κ3) is 4.00. The molecule has 34 heavy (non-hydrogen) atoms. The summed E-state index contributed by atoms with van der Waals surface area (Å²) >= 11 is 0. The lowest BCUT2D eigenvalue weighted by Crippen LogP contribution is -2.35. The Bertz CT molecular complexity index is 1360. The molecule has 0 unspecified atom stereocenters. The van der Waals surface area contributed by atoms with Gasteiger partial charge in [0.25, 0.3) is 0 Å². The number of rotatable bonds is 7. The predicted molar refractivity (Wildman–Crippen MR) is 135 cm³/mol. The molecule has 8 heteroatoms. The highest BCUT2D eigenvalue weighted by atomic mass is 16.5. The normalized spacial score (nSPS) is 18.9. The second kappa shape index (κ2) is 9.25. The molecular formula is C26H34N6O2. The smallest absolute Gasteiger partial charge is 0.326 e. The number of methoxy groups -OCH3 is 1. The molecule has 0 saturated heterocycles. The van der Waals surface area contributed by atoms with E-state index in [1.54, 1.807) is 11.6 Å². The van der Waals surface area contributed by atoms with Gasteiger partial charge in [-0.05, 0) is 73.9 Å². The topological polar surface area (TPSA) is 89.2 Å². The van der Waals surface area contributed by atoms with Gasteiger partial charge in [-0.15, -0.1) is 0 Å². The first kappa shape index (κ1) is 22.7. The third-order valence-electron chi connectivity index (χ3n) is 7.13. The summed E-state index contributed by atoms with van der Waals surface area (Å²) in [5.74, 6) is 0.952. The minimum absolute atomic E-state index is 0.0175. The number of hydrogen-bond donors (Lipinski definition) is 2. The van der Waals surface area contributed by atoms with E-state index in [1.165, 1.54) is 11.9 Å². The fourth-order valence-corrected chi connectivity index (χ4v) is 5.36. The Kier molecular flexibility index (Phi) is 6.16. The number of aromatic amines is 1. The summed E-state index contributed by atoms with van der Waals surface area (Å²) in [7, 11) is 1.64. The molecule has 3 aromatic heterocycles. The highest BCUT2D eigenvalue weighted by Gasteiger charge is 2.25. The highest BCUT2D eigenvalue weighted by molar-refractivity contribution is 5.85. The molecule has 1 saturated carbocycles. The largest absolute Gasteiger partial charge is 0.493 e. The number of benzene rings is 1. The summed E-state index contributed by atoms with van der Waals surface area (Å²) in [5, 5.41) is 7.95. The number of H-pyrrole nitrogens is 1. The molecule has 2 N–H and O–H groups in total. The van der Waals surface area contributed by atoms with E-state index in [9.17, 15) is 4.79 Å². The molecule has 0 bridgehead atoms. The van der Waals surface area contributed by atoms with E-state index in [2.05, 4.69) is 53.3 Å². The molecule has 1 aliphatic carbocycles. The Morgan fingerprint density at radius 1 is 1.21 bits per heavy atom. The van der Waals surface area contributed by atoms with Crippen LogP contribution in [0.5, 0.6) is 5.75 Å². The molecule has 3 heterocycles. The SMILES string of the molecule is CCCNC1CCC(n2c(=O)[nH]c3cc(-c4cc(OC)c5ncnn5c4)c(C(C)C)cc32)CC1. The number of fused-ring (bicyclic) bond motifs is 2. The van der Waals surface area contributed by atoms with Gasteiger partial charge in [-0.2, -0.15) is 5.10 Å². The van der Waals surface area contributed by atoms with Crippen LogP contribution < -0.4 is 15.7 Å². The van der Waals surface area contributed by atoms with Crippen molar-refractivity contribution in [3.8, 4) is 16.9 Å². The average molecular weight is 463 g/mol. The second-order valence-electron chi connectivity index (χ2n) is 9.70. The minimum Gasteiger partial charge on any atom is -0.493 e. The van der Waals surface area contributed by atoms with Crippen LogP contribution in [0.4, 0.5) is 0 Å².